The zero-order chi connectivity index (χ0) is 14.7. The molecule has 2 atom stereocenters. The molecule has 20 heavy (non-hydrogen) atoms. The van der Waals surface area contributed by atoms with Crippen molar-refractivity contribution in [3.63, 3.8) is 0 Å². The molecule has 0 radical (unpaired) electrons. The van der Waals surface area contributed by atoms with Gasteiger partial charge in [0.1, 0.15) is 5.56 Å². The van der Waals surface area contributed by atoms with E-state index >= 15 is 0 Å². The Labute approximate surface area is 126 Å². The average molecular weight is 341 g/mol. The topological polar surface area (TPSA) is 72.2 Å². The largest absolute Gasteiger partial charge is 0.351 e. The van der Waals surface area contributed by atoms with Gasteiger partial charge in [-0.1, -0.05) is 34.5 Å². The second kappa shape index (κ2) is 6.35. The molecule has 5 nitrogen and oxygen atoms in total. The fourth-order valence-electron chi connectivity index (χ4n) is 2.63. The number of nitro benzene ring substituents is 1. The zero-order valence-corrected chi connectivity index (χ0v) is 12.9. The fourth-order valence-corrected chi connectivity index (χ4v) is 3.40. The summed E-state index contributed by atoms with van der Waals surface area (Å²) in [6.07, 6.45) is 3.35. The lowest BCUT2D eigenvalue weighted by Crippen LogP contribution is -2.31. The Morgan fingerprint density at radius 1 is 1.50 bits per heavy atom. The Morgan fingerprint density at radius 2 is 2.25 bits per heavy atom. The molecule has 2 unspecified atom stereocenters. The lowest BCUT2D eigenvalue weighted by Gasteiger charge is -2.15. The number of alkyl halides is 1. The number of carbonyl (C=O) groups excluding carboxylic acids is 1. The van der Waals surface area contributed by atoms with Gasteiger partial charge in [-0.3, -0.25) is 14.9 Å². The number of nitrogens with one attached hydrogen (secondary N) is 1. The molecular formula is C14H17BrN2O3. The van der Waals surface area contributed by atoms with E-state index in [-0.39, 0.29) is 17.2 Å². The summed E-state index contributed by atoms with van der Waals surface area (Å²) < 4.78 is 0. The van der Waals surface area contributed by atoms with Crippen molar-refractivity contribution in [1.29, 1.82) is 0 Å². The Kier molecular flexibility index (Phi) is 4.75. The summed E-state index contributed by atoms with van der Waals surface area (Å²) in [5, 5.41) is 13.9. The first-order valence-corrected chi connectivity index (χ1v) is 7.58. The first-order chi connectivity index (χ1) is 9.50. The smallest absolute Gasteiger partial charge is 0.285 e. The van der Waals surface area contributed by atoms with Gasteiger partial charge in [-0.2, -0.15) is 0 Å². The number of halogens is 1. The minimum absolute atomic E-state index is 0.105. The van der Waals surface area contributed by atoms with Gasteiger partial charge in [0.2, 0.25) is 0 Å². The van der Waals surface area contributed by atoms with E-state index in [1.807, 2.05) is 0 Å². The molecule has 1 fully saturated rings. The van der Waals surface area contributed by atoms with Crippen molar-refractivity contribution in [2.75, 3.05) is 6.54 Å². The quantitative estimate of drug-likeness (QED) is 0.519. The number of amides is 1. The molecule has 1 N–H and O–H groups in total. The van der Waals surface area contributed by atoms with Gasteiger partial charge >= 0.3 is 0 Å². The molecule has 108 valence electrons. The molecule has 1 aliphatic rings. The van der Waals surface area contributed by atoms with Crippen molar-refractivity contribution in [3.8, 4) is 0 Å². The number of nitrogens with zero attached hydrogens (tertiary/aromatic N) is 1. The number of hydrogen-bond donors (Lipinski definition) is 1. The van der Waals surface area contributed by atoms with Crippen LogP contribution >= 0.6 is 15.9 Å². The average Bonchev–Trinajstić information content (AvgIpc) is 2.80. The standard InChI is InChI=1S/C14H17BrN2O3/c1-9-4-2-6-11(13(9)17(19)20)14(18)16-8-10-5-3-7-12(10)15/h2,4,6,10,12H,3,5,7-8H2,1H3,(H,16,18). The monoisotopic (exact) mass is 340 g/mol. The van der Waals surface area contributed by atoms with Crippen molar-refractivity contribution >= 4 is 27.5 Å². The number of carbonyl (C=O) groups is 1. The summed E-state index contributed by atoms with van der Waals surface area (Å²) >= 11 is 3.60. The molecule has 1 aromatic carbocycles. The maximum absolute atomic E-state index is 12.2. The third-order valence-corrected chi connectivity index (χ3v) is 4.96. The molecule has 1 aliphatic carbocycles. The number of hydrogen-bond acceptors (Lipinski definition) is 3. The van der Waals surface area contributed by atoms with Crippen LogP contribution < -0.4 is 5.32 Å². The Morgan fingerprint density at radius 3 is 2.85 bits per heavy atom. The molecule has 1 aromatic rings. The molecule has 2 rings (SSSR count). The normalized spacial score (nSPS) is 21.7. The second-order valence-corrected chi connectivity index (χ2v) is 6.32. The molecule has 1 saturated carbocycles. The van der Waals surface area contributed by atoms with Gasteiger partial charge in [0.25, 0.3) is 11.6 Å². The maximum Gasteiger partial charge on any atom is 0.285 e. The summed E-state index contributed by atoms with van der Waals surface area (Å²) in [6, 6.07) is 4.81. The Balaban J connectivity index is 2.09. The van der Waals surface area contributed by atoms with Crippen molar-refractivity contribution in [2.24, 2.45) is 5.92 Å². The van der Waals surface area contributed by atoms with E-state index in [0.29, 0.717) is 22.9 Å². The minimum Gasteiger partial charge on any atom is -0.351 e. The molecular weight excluding hydrogens is 324 g/mol. The van der Waals surface area contributed by atoms with Gasteiger partial charge in [0, 0.05) is 16.9 Å². The first kappa shape index (κ1) is 15.0. The molecule has 0 heterocycles. The maximum atomic E-state index is 12.2. The highest BCUT2D eigenvalue weighted by Crippen LogP contribution is 2.31. The molecule has 0 aromatic heterocycles. The summed E-state index contributed by atoms with van der Waals surface area (Å²) in [7, 11) is 0. The summed E-state index contributed by atoms with van der Waals surface area (Å²) in [5.74, 6) is 0.0369. The van der Waals surface area contributed by atoms with Gasteiger partial charge < -0.3 is 5.32 Å². The molecule has 0 saturated heterocycles. The number of aryl methyl sites for hydroxylation is 1. The lowest BCUT2D eigenvalue weighted by molar-refractivity contribution is -0.385. The van der Waals surface area contributed by atoms with Crippen LogP contribution in [0.5, 0.6) is 0 Å². The van der Waals surface area contributed by atoms with Crippen LogP contribution in [0.15, 0.2) is 18.2 Å². The van der Waals surface area contributed by atoms with E-state index in [9.17, 15) is 14.9 Å². The van der Waals surface area contributed by atoms with E-state index < -0.39 is 4.92 Å². The third-order valence-electron chi connectivity index (χ3n) is 3.76. The molecule has 6 heteroatoms. The van der Waals surface area contributed by atoms with E-state index in [1.165, 1.54) is 6.07 Å². The highest BCUT2D eigenvalue weighted by Gasteiger charge is 2.27. The van der Waals surface area contributed by atoms with E-state index in [1.54, 1.807) is 19.1 Å². The molecule has 1 amide bonds. The van der Waals surface area contributed by atoms with E-state index in [2.05, 4.69) is 21.2 Å². The number of benzene rings is 1. The predicted molar refractivity (Wildman–Crippen MR) is 80.2 cm³/mol. The van der Waals surface area contributed by atoms with Gasteiger partial charge in [-0.05, 0) is 31.7 Å². The number of nitro groups is 1. The first-order valence-electron chi connectivity index (χ1n) is 6.67. The lowest BCUT2D eigenvalue weighted by atomic mass is 10.1. The van der Waals surface area contributed by atoms with Gasteiger partial charge in [-0.25, -0.2) is 0 Å². The molecule has 0 spiro atoms. The summed E-state index contributed by atoms with van der Waals surface area (Å²) in [6.45, 7) is 2.19. The van der Waals surface area contributed by atoms with Crippen LogP contribution in [0.4, 0.5) is 5.69 Å². The highest BCUT2D eigenvalue weighted by atomic mass is 79.9. The number of rotatable bonds is 4. The zero-order valence-electron chi connectivity index (χ0n) is 11.3. The van der Waals surface area contributed by atoms with Crippen molar-refractivity contribution in [2.45, 2.75) is 31.0 Å². The van der Waals surface area contributed by atoms with Gasteiger partial charge in [0.15, 0.2) is 0 Å². The molecule has 0 aliphatic heterocycles. The summed E-state index contributed by atoms with van der Waals surface area (Å²) in [4.78, 5) is 23.2. The minimum atomic E-state index is -0.493. The van der Waals surface area contributed by atoms with Crippen LogP contribution in [0, 0.1) is 23.0 Å². The Bertz CT molecular complexity index is 533. The van der Waals surface area contributed by atoms with E-state index in [0.717, 1.165) is 19.3 Å². The van der Waals surface area contributed by atoms with E-state index in [4.69, 9.17) is 0 Å². The summed E-state index contributed by atoms with van der Waals surface area (Å²) in [5.41, 5.74) is 0.535. The van der Waals surface area contributed by atoms with Crippen LogP contribution in [0.3, 0.4) is 0 Å². The Hall–Kier alpha value is -1.43. The van der Waals surface area contributed by atoms with Crippen molar-refractivity contribution in [3.05, 3.63) is 39.4 Å². The highest BCUT2D eigenvalue weighted by molar-refractivity contribution is 9.09. The fraction of sp³-hybridized carbons (Fsp3) is 0.500. The number of para-hydroxylation sites is 1. The molecule has 0 bridgehead atoms. The van der Waals surface area contributed by atoms with Gasteiger partial charge in [-0.15, -0.1) is 0 Å². The third kappa shape index (κ3) is 3.17. The van der Waals surface area contributed by atoms with Crippen LogP contribution in [0.1, 0.15) is 35.2 Å². The van der Waals surface area contributed by atoms with Gasteiger partial charge in [0.05, 0.1) is 4.92 Å². The van der Waals surface area contributed by atoms with Crippen molar-refractivity contribution in [1.82, 2.24) is 5.32 Å². The van der Waals surface area contributed by atoms with Crippen molar-refractivity contribution < 1.29 is 9.72 Å². The predicted octanol–water partition coefficient (Wildman–Crippen LogP) is 3.20. The van der Waals surface area contributed by atoms with Crippen LogP contribution in [0.2, 0.25) is 0 Å². The SMILES string of the molecule is Cc1cccc(C(=O)NCC2CCCC2Br)c1[N+](=O)[O-]. The second-order valence-electron chi connectivity index (χ2n) is 5.15. The van der Waals surface area contributed by atoms with Crippen LogP contribution in [-0.2, 0) is 0 Å². The van der Waals surface area contributed by atoms with Crippen LogP contribution in [-0.4, -0.2) is 22.2 Å². The van der Waals surface area contributed by atoms with Crippen LogP contribution in [0.25, 0.3) is 0 Å².